The van der Waals surface area contributed by atoms with E-state index in [0.29, 0.717) is 11.3 Å². The van der Waals surface area contributed by atoms with Crippen LogP contribution in [0, 0.1) is 0 Å². The van der Waals surface area contributed by atoms with E-state index in [-0.39, 0.29) is 18.3 Å². The Balaban J connectivity index is 2.24. The van der Waals surface area contributed by atoms with E-state index in [4.69, 9.17) is 4.42 Å². The minimum absolute atomic E-state index is 0.0318. The number of hydrogen-bond donors (Lipinski definition) is 1. The number of para-hydroxylation sites is 1. The zero-order chi connectivity index (χ0) is 14.1. The zero-order valence-electron chi connectivity index (χ0n) is 11.6. The van der Waals surface area contributed by atoms with E-state index in [1.54, 1.807) is 0 Å². The average Bonchev–Trinajstić information content (AvgIpc) is 2.93. The number of anilines is 1. The molecule has 0 saturated carbocycles. The van der Waals surface area contributed by atoms with Crippen LogP contribution in [0.5, 0.6) is 0 Å². The van der Waals surface area contributed by atoms with Gasteiger partial charge in [-0.3, -0.25) is 0 Å². The lowest BCUT2D eigenvalue weighted by Gasteiger charge is -2.26. The largest absolute Gasteiger partial charge is 0.421 e. The topological polar surface area (TPSA) is 53.7 Å². The third-order valence-electron chi connectivity index (χ3n) is 4.12. The Morgan fingerprint density at radius 1 is 1.40 bits per heavy atom. The molecule has 0 bridgehead atoms. The number of aryl methyl sites for hydroxylation is 1. The molecule has 1 N–H and O–H groups in total. The molecular formula is C16H19NO3. The predicted molar refractivity (Wildman–Crippen MR) is 79.3 cm³/mol. The van der Waals surface area contributed by atoms with E-state index >= 15 is 0 Å². The van der Waals surface area contributed by atoms with Crippen LogP contribution < -0.4 is 10.5 Å². The van der Waals surface area contributed by atoms with Gasteiger partial charge >= 0.3 is 5.63 Å². The Kier molecular flexibility index (Phi) is 3.49. The fourth-order valence-corrected chi connectivity index (χ4v) is 3.17. The maximum Gasteiger partial charge on any atom is 0.360 e. The summed E-state index contributed by atoms with van der Waals surface area (Å²) in [6.45, 7) is 2.94. The van der Waals surface area contributed by atoms with E-state index in [1.807, 2.05) is 29.2 Å². The lowest BCUT2D eigenvalue weighted by Crippen LogP contribution is -2.36. The monoisotopic (exact) mass is 273 g/mol. The molecule has 4 heteroatoms. The summed E-state index contributed by atoms with van der Waals surface area (Å²) in [7, 11) is 0. The molecule has 1 saturated heterocycles. The second-order valence-corrected chi connectivity index (χ2v) is 5.24. The molecular weight excluding hydrogens is 254 g/mol. The third-order valence-corrected chi connectivity index (χ3v) is 4.12. The van der Waals surface area contributed by atoms with Crippen molar-refractivity contribution < 1.29 is 9.52 Å². The summed E-state index contributed by atoms with van der Waals surface area (Å²) in [6.07, 6.45) is 2.70. The number of fused-ring (bicyclic) bond motifs is 1. The van der Waals surface area contributed by atoms with Crippen molar-refractivity contribution in [3.8, 4) is 0 Å². The molecule has 0 aliphatic carbocycles. The summed E-state index contributed by atoms with van der Waals surface area (Å²) in [5, 5.41) is 10.5. The van der Waals surface area contributed by atoms with Gasteiger partial charge in [0, 0.05) is 11.9 Å². The maximum absolute atomic E-state index is 12.4. The third kappa shape index (κ3) is 2.00. The SMILES string of the molecule is CCc1c(N2CCCC2CO)c(=O)oc2ccccc12. The molecule has 2 heterocycles. The lowest BCUT2D eigenvalue weighted by molar-refractivity contribution is 0.266. The van der Waals surface area contributed by atoms with Crippen molar-refractivity contribution in [3.05, 3.63) is 40.2 Å². The predicted octanol–water partition coefficient (Wildman–Crippen LogP) is 2.32. The quantitative estimate of drug-likeness (QED) is 0.872. The first-order chi connectivity index (χ1) is 9.76. The molecule has 3 rings (SSSR count). The summed E-state index contributed by atoms with van der Waals surface area (Å²) < 4.78 is 5.46. The van der Waals surface area contributed by atoms with Crippen molar-refractivity contribution in [2.45, 2.75) is 32.2 Å². The van der Waals surface area contributed by atoms with Gasteiger partial charge in [0.25, 0.3) is 0 Å². The van der Waals surface area contributed by atoms with Crippen LogP contribution in [0.15, 0.2) is 33.5 Å². The Hall–Kier alpha value is -1.81. The van der Waals surface area contributed by atoms with Crippen LogP contribution in [0.4, 0.5) is 5.69 Å². The minimum Gasteiger partial charge on any atom is -0.421 e. The first-order valence-corrected chi connectivity index (χ1v) is 7.18. The van der Waals surface area contributed by atoms with Crippen molar-refractivity contribution in [2.75, 3.05) is 18.1 Å². The molecule has 1 aliphatic rings. The van der Waals surface area contributed by atoms with E-state index in [2.05, 4.69) is 6.92 Å². The average molecular weight is 273 g/mol. The van der Waals surface area contributed by atoms with Crippen LogP contribution in [-0.2, 0) is 6.42 Å². The van der Waals surface area contributed by atoms with E-state index in [9.17, 15) is 9.90 Å². The summed E-state index contributed by atoms with van der Waals surface area (Å²) in [4.78, 5) is 14.4. The van der Waals surface area contributed by atoms with Gasteiger partial charge in [0.05, 0.1) is 12.6 Å². The van der Waals surface area contributed by atoms with Gasteiger partial charge in [-0.05, 0) is 30.9 Å². The van der Waals surface area contributed by atoms with Gasteiger partial charge < -0.3 is 14.4 Å². The molecule has 0 amide bonds. The first kappa shape index (κ1) is 13.2. The molecule has 2 aromatic rings. The molecule has 0 radical (unpaired) electrons. The van der Waals surface area contributed by atoms with E-state index in [1.165, 1.54) is 0 Å². The Morgan fingerprint density at radius 3 is 2.95 bits per heavy atom. The molecule has 1 aromatic carbocycles. The number of nitrogens with zero attached hydrogens (tertiary/aromatic N) is 1. The normalized spacial score (nSPS) is 18.9. The standard InChI is InChI=1S/C16H19NO3/c1-2-12-13-7-3-4-8-14(13)20-16(19)15(12)17-9-5-6-11(17)10-18/h3-4,7-8,11,18H,2,5-6,9-10H2,1H3. The summed E-state index contributed by atoms with van der Waals surface area (Å²) in [5.41, 5.74) is 2.01. The van der Waals surface area contributed by atoms with Crippen molar-refractivity contribution >= 4 is 16.7 Å². The van der Waals surface area contributed by atoms with Crippen molar-refractivity contribution in [2.24, 2.45) is 0 Å². The highest BCUT2D eigenvalue weighted by atomic mass is 16.4. The number of hydrogen-bond acceptors (Lipinski definition) is 4. The number of aliphatic hydroxyl groups excluding tert-OH is 1. The maximum atomic E-state index is 12.4. The van der Waals surface area contributed by atoms with Crippen LogP contribution in [0.1, 0.15) is 25.3 Å². The molecule has 4 nitrogen and oxygen atoms in total. The van der Waals surface area contributed by atoms with Crippen LogP contribution in [0.2, 0.25) is 0 Å². The number of aliphatic hydroxyl groups is 1. The summed E-state index contributed by atoms with van der Waals surface area (Å²) in [6, 6.07) is 7.68. The molecule has 106 valence electrons. The van der Waals surface area contributed by atoms with Crippen LogP contribution in [0.3, 0.4) is 0 Å². The van der Waals surface area contributed by atoms with Crippen LogP contribution >= 0.6 is 0 Å². The molecule has 20 heavy (non-hydrogen) atoms. The van der Waals surface area contributed by atoms with Crippen molar-refractivity contribution in [3.63, 3.8) is 0 Å². The fourth-order valence-electron chi connectivity index (χ4n) is 3.17. The zero-order valence-corrected chi connectivity index (χ0v) is 11.6. The van der Waals surface area contributed by atoms with Crippen molar-refractivity contribution in [1.29, 1.82) is 0 Å². The summed E-state index contributed by atoms with van der Waals surface area (Å²) in [5.74, 6) is 0. The molecule has 1 aliphatic heterocycles. The molecule has 0 spiro atoms. The highest BCUT2D eigenvalue weighted by molar-refractivity contribution is 5.85. The highest BCUT2D eigenvalue weighted by Gasteiger charge is 2.29. The first-order valence-electron chi connectivity index (χ1n) is 7.18. The van der Waals surface area contributed by atoms with Gasteiger partial charge in [0.2, 0.25) is 0 Å². The fraction of sp³-hybridized carbons (Fsp3) is 0.438. The molecule has 1 aromatic heterocycles. The van der Waals surface area contributed by atoms with Gasteiger partial charge in [0.15, 0.2) is 0 Å². The molecule has 1 atom stereocenters. The van der Waals surface area contributed by atoms with Crippen molar-refractivity contribution in [1.82, 2.24) is 0 Å². The van der Waals surface area contributed by atoms with E-state index < -0.39 is 0 Å². The van der Waals surface area contributed by atoms with Crippen LogP contribution in [0.25, 0.3) is 11.0 Å². The summed E-state index contributed by atoms with van der Waals surface area (Å²) >= 11 is 0. The Labute approximate surface area is 117 Å². The Bertz CT molecular complexity index is 677. The Morgan fingerprint density at radius 2 is 2.20 bits per heavy atom. The van der Waals surface area contributed by atoms with Gasteiger partial charge in [-0.15, -0.1) is 0 Å². The van der Waals surface area contributed by atoms with Gasteiger partial charge in [-0.2, -0.15) is 0 Å². The highest BCUT2D eigenvalue weighted by Crippen LogP contribution is 2.30. The lowest BCUT2D eigenvalue weighted by atomic mass is 10.0. The van der Waals surface area contributed by atoms with Gasteiger partial charge in [-0.1, -0.05) is 25.1 Å². The van der Waals surface area contributed by atoms with E-state index in [0.717, 1.165) is 36.8 Å². The van der Waals surface area contributed by atoms with Gasteiger partial charge in [-0.25, -0.2) is 4.79 Å². The number of rotatable bonds is 3. The second kappa shape index (κ2) is 5.29. The second-order valence-electron chi connectivity index (χ2n) is 5.24. The number of benzene rings is 1. The van der Waals surface area contributed by atoms with Crippen LogP contribution in [-0.4, -0.2) is 24.3 Å². The minimum atomic E-state index is -0.291. The smallest absolute Gasteiger partial charge is 0.360 e. The van der Waals surface area contributed by atoms with Gasteiger partial charge in [0.1, 0.15) is 11.3 Å². The molecule has 1 fully saturated rings. The molecule has 1 unspecified atom stereocenters.